The number of aryl methyl sites for hydroxylation is 1. The minimum absolute atomic E-state index is 0.224. The molecule has 0 saturated heterocycles. The van der Waals surface area contributed by atoms with Crippen LogP contribution in [0.2, 0.25) is 0 Å². The van der Waals surface area contributed by atoms with Crippen LogP contribution in [0.5, 0.6) is 0 Å². The largest absolute Gasteiger partial charge is 0.481 e. The second-order valence-corrected chi connectivity index (χ2v) is 10.2. The predicted octanol–water partition coefficient (Wildman–Crippen LogP) is 5.29. The topological polar surface area (TPSA) is 100 Å². The highest BCUT2D eigenvalue weighted by molar-refractivity contribution is 7.91. The van der Waals surface area contributed by atoms with E-state index in [4.69, 9.17) is 9.90 Å². The number of aliphatic carboxylic acids is 1. The molecule has 11 heteroatoms. The number of halogens is 4. The lowest BCUT2D eigenvalue weighted by Crippen LogP contribution is -2.16. The molecule has 0 radical (unpaired) electrons. The Labute approximate surface area is 199 Å². The fourth-order valence-electron chi connectivity index (χ4n) is 4.34. The number of carboxylic acid groups (broad SMARTS) is 1. The van der Waals surface area contributed by atoms with E-state index in [-0.39, 0.29) is 10.4 Å². The maximum atomic E-state index is 14.3. The van der Waals surface area contributed by atoms with Crippen molar-refractivity contribution >= 4 is 26.7 Å². The highest BCUT2D eigenvalue weighted by atomic mass is 32.2. The maximum absolute atomic E-state index is 14.3. The summed E-state index contributed by atoms with van der Waals surface area (Å²) in [7, 11) is -3.84. The maximum Gasteiger partial charge on any atom is 0.416 e. The van der Waals surface area contributed by atoms with Crippen molar-refractivity contribution in [1.82, 2.24) is 4.57 Å². The van der Waals surface area contributed by atoms with E-state index < -0.39 is 39.4 Å². The van der Waals surface area contributed by atoms with Gasteiger partial charge in [-0.3, -0.25) is 4.79 Å². The Bertz CT molecular complexity index is 1420. The molecule has 2 aromatic carbocycles. The molecule has 0 bridgehead atoms. The molecule has 1 aliphatic rings. The number of hydrogen-bond donors (Lipinski definition) is 1. The van der Waals surface area contributed by atoms with Crippen molar-refractivity contribution in [2.45, 2.75) is 49.7 Å². The van der Waals surface area contributed by atoms with Gasteiger partial charge in [-0.1, -0.05) is 12.1 Å². The molecule has 0 spiro atoms. The van der Waals surface area contributed by atoms with Crippen LogP contribution in [0.1, 0.15) is 48.2 Å². The van der Waals surface area contributed by atoms with Crippen LogP contribution in [0.3, 0.4) is 0 Å². The lowest BCUT2D eigenvalue weighted by atomic mass is 9.95. The highest BCUT2D eigenvalue weighted by Crippen LogP contribution is 2.40. The first kappa shape index (κ1) is 26.2. The van der Waals surface area contributed by atoms with Crippen LogP contribution in [-0.4, -0.2) is 30.3 Å². The first-order valence-electron chi connectivity index (χ1n) is 10.6. The van der Waals surface area contributed by atoms with Crippen LogP contribution in [0, 0.1) is 17.1 Å². The van der Waals surface area contributed by atoms with Crippen LogP contribution in [0.15, 0.2) is 41.3 Å². The van der Waals surface area contributed by atoms with E-state index in [0.29, 0.717) is 23.8 Å². The molecule has 1 heterocycles. The van der Waals surface area contributed by atoms with Gasteiger partial charge in [0.1, 0.15) is 11.9 Å². The summed E-state index contributed by atoms with van der Waals surface area (Å²) in [5, 5.41) is 17.8. The molecule has 1 atom stereocenters. The Morgan fingerprint density at radius 2 is 1.71 bits per heavy atom. The Morgan fingerprint density at radius 3 is 2.23 bits per heavy atom. The van der Waals surface area contributed by atoms with Gasteiger partial charge >= 0.3 is 6.18 Å². The quantitative estimate of drug-likeness (QED) is 0.483. The van der Waals surface area contributed by atoms with Crippen molar-refractivity contribution in [3.63, 3.8) is 0 Å². The summed E-state index contributed by atoms with van der Waals surface area (Å²) >= 11 is 0. The third-order valence-corrected chi connectivity index (χ3v) is 6.78. The van der Waals surface area contributed by atoms with Gasteiger partial charge in [0.2, 0.25) is 0 Å². The normalized spacial score (nSPS) is 14.4. The van der Waals surface area contributed by atoms with E-state index in [2.05, 4.69) is 6.07 Å². The predicted molar refractivity (Wildman–Crippen MR) is 120 cm³/mol. The van der Waals surface area contributed by atoms with Crippen molar-refractivity contribution in [1.29, 1.82) is 5.26 Å². The zero-order chi connectivity index (χ0) is 26.1. The van der Waals surface area contributed by atoms with Crippen molar-refractivity contribution < 1.29 is 35.9 Å². The van der Waals surface area contributed by atoms with E-state index >= 15 is 0 Å². The Kier molecular flexibility index (Phi) is 7.26. The van der Waals surface area contributed by atoms with Gasteiger partial charge in [0.15, 0.2) is 9.84 Å². The second-order valence-electron chi connectivity index (χ2n) is 8.25. The third kappa shape index (κ3) is 5.48. The zero-order valence-corrected chi connectivity index (χ0v) is 19.7. The first-order valence-corrected chi connectivity index (χ1v) is 12.5. The molecule has 0 aliphatic heterocycles. The van der Waals surface area contributed by atoms with Crippen molar-refractivity contribution in [3.05, 3.63) is 64.6 Å². The fourth-order valence-corrected chi connectivity index (χ4v) is 5.22. The minimum Gasteiger partial charge on any atom is -0.481 e. The number of aromatic nitrogens is 1. The summed E-state index contributed by atoms with van der Waals surface area (Å²) < 4.78 is 79.7. The zero-order valence-electron chi connectivity index (χ0n) is 18.9. The molecule has 3 aromatic rings. The van der Waals surface area contributed by atoms with Crippen LogP contribution in [0.4, 0.5) is 17.6 Å². The molecule has 186 valence electrons. The van der Waals surface area contributed by atoms with Gasteiger partial charge in [-0.05, 0) is 61.1 Å². The molecule has 1 N–H and O–H groups in total. The Hall–Kier alpha value is -3.39. The molecular weight excluding hydrogens is 488 g/mol. The number of sulfone groups is 1. The summed E-state index contributed by atoms with van der Waals surface area (Å²) in [6, 6.07) is 7.49. The average Bonchev–Trinajstić information content (AvgIpc) is 3.07. The number of nitriles is 1. The number of alkyl halides is 3. The molecule has 0 unspecified atom stereocenters. The molecule has 0 amide bonds. The summed E-state index contributed by atoms with van der Waals surface area (Å²) in [6.45, 7) is 1.08. The van der Waals surface area contributed by atoms with Crippen LogP contribution in [-0.2, 0) is 33.6 Å². The van der Waals surface area contributed by atoms with Gasteiger partial charge in [-0.15, -0.1) is 0 Å². The first-order chi connectivity index (χ1) is 16.3. The standard InChI is InChI=1S/C22H18F4N2O2S.C2H4O2/c1-31(29,30)20-11-15(23)10-17-16-4-2-3-5-18(16)28(21(17)20)19(12-27)13-6-8-14(9-7-13)22(24,25)26;1-2(3)4/h6-11,19H,2-5H2,1H3;1H3,(H,3,4)/t19-;/m0./s1. The molecule has 35 heavy (non-hydrogen) atoms. The van der Waals surface area contributed by atoms with Crippen LogP contribution in [0.25, 0.3) is 10.9 Å². The fraction of sp³-hybridized carbons (Fsp3) is 0.333. The molecule has 1 aromatic heterocycles. The van der Waals surface area contributed by atoms with Gasteiger partial charge in [0.05, 0.1) is 22.0 Å². The summed E-state index contributed by atoms with van der Waals surface area (Å²) in [5.74, 6) is -1.53. The summed E-state index contributed by atoms with van der Waals surface area (Å²) in [5.41, 5.74) is 1.19. The third-order valence-electron chi connectivity index (χ3n) is 5.67. The Morgan fingerprint density at radius 1 is 1.14 bits per heavy atom. The molecule has 0 fully saturated rings. The lowest BCUT2D eigenvalue weighted by molar-refractivity contribution is -0.137. The van der Waals surface area contributed by atoms with E-state index in [0.717, 1.165) is 55.5 Å². The number of carboxylic acids is 1. The van der Waals surface area contributed by atoms with Gasteiger partial charge in [0.25, 0.3) is 5.97 Å². The smallest absolute Gasteiger partial charge is 0.416 e. The molecule has 0 saturated carbocycles. The number of nitrogens with zero attached hydrogens (tertiary/aromatic N) is 2. The van der Waals surface area contributed by atoms with Gasteiger partial charge in [-0.2, -0.15) is 18.4 Å². The number of benzene rings is 2. The van der Waals surface area contributed by atoms with Crippen molar-refractivity contribution in [2.24, 2.45) is 0 Å². The lowest BCUT2D eigenvalue weighted by Gasteiger charge is -2.21. The molecule has 1 aliphatic carbocycles. The average molecular weight is 511 g/mol. The SMILES string of the molecule is CC(=O)O.CS(=O)(=O)c1cc(F)cc2c3c(n([C@@H](C#N)c4ccc(C(F)(F)F)cc4)c12)CCCC3. The van der Waals surface area contributed by atoms with E-state index in [1.807, 2.05) is 0 Å². The molecule has 6 nitrogen and oxygen atoms in total. The van der Waals surface area contributed by atoms with E-state index in [1.54, 1.807) is 4.57 Å². The monoisotopic (exact) mass is 510 g/mol. The van der Waals surface area contributed by atoms with Gasteiger partial charge in [0, 0.05) is 24.3 Å². The number of fused-ring (bicyclic) bond motifs is 3. The number of rotatable bonds is 3. The van der Waals surface area contributed by atoms with Gasteiger partial charge in [-0.25, -0.2) is 12.8 Å². The number of carbonyl (C=O) groups is 1. The van der Waals surface area contributed by atoms with Crippen LogP contribution >= 0.6 is 0 Å². The van der Waals surface area contributed by atoms with Crippen molar-refractivity contribution in [3.8, 4) is 6.07 Å². The Balaban J connectivity index is 0.000000795. The highest BCUT2D eigenvalue weighted by Gasteiger charge is 2.32. The van der Waals surface area contributed by atoms with E-state index in [9.17, 15) is 31.2 Å². The van der Waals surface area contributed by atoms with Crippen molar-refractivity contribution in [2.75, 3.05) is 6.26 Å². The van der Waals surface area contributed by atoms with Crippen LogP contribution < -0.4 is 0 Å². The minimum atomic E-state index is -4.51. The molecular formula is C24H22F4N2O4S. The van der Waals surface area contributed by atoms with E-state index in [1.165, 1.54) is 18.2 Å². The summed E-state index contributed by atoms with van der Waals surface area (Å²) in [6.07, 6.45) is -0.720. The van der Waals surface area contributed by atoms with Gasteiger partial charge < -0.3 is 9.67 Å². The number of hydrogen-bond acceptors (Lipinski definition) is 4. The molecule has 4 rings (SSSR count). The summed E-state index contributed by atoms with van der Waals surface area (Å²) in [4.78, 5) is 8.77. The second kappa shape index (κ2) is 9.70.